The van der Waals surface area contributed by atoms with Crippen LogP contribution in [0.4, 0.5) is 5.82 Å². The molecule has 0 spiro atoms. The first-order chi connectivity index (χ1) is 9.25. The van der Waals surface area contributed by atoms with E-state index >= 15 is 0 Å². The highest BCUT2D eigenvalue weighted by Crippen LogP contribution is 2.29. The molecule has 1 saturated carbocycles. The predicted molar refractivity (Wildman–Crippen MR) is 83.3 cm³/mol. The summed E-state index contributed by atoms with van der Waals surface area (Å²) in [4.78, 5) is 4.49. The molecule has 1 aliphatic rings. The zero-order valence-electron chi connectivity index (χ0n) is 10.8. The second-order valence-corrected chi connectivity index (χ2v) is 6.05. The van der Waals surface area contributed by atoms with Gasteiger partial charge < -0.3 is 11.1 Å². The summed E-state index contributed by atoms with van der Waals surface area (Å²) in [6, 6.07) is 8.80. The van der Waals surface area contributed by atoms with E-state index in [1.165, 1.54) is 18.2 Å². The van der Waals surface area contributed by atoms with Crippen molar-refractivity contribution in [2.24, 2.45) is 5.73 Å². The number of fused-ring (bicyclic) bond motifs is 1. The summed E-state index contributed by atoms with van der Waals surface area (Å²) in [5.74, 6) is 0.946. The van der Waals surface area contributed by atoms with Crippen LogP contribution in [-0.2, 0) is 0 Å². The zero-order valence-corrected chi connectivity index (χ0v) is 12.4. The second kappa shape index (κ2) is 5.47. The van der Waals surface area contributed by atoms with Crippen molar-refractivity contribution in [2.45, 2.75) is 37.8 Å². The highest BCUT2D eigenvalue weighted by molar-refractivity contribution is 9.10. The third-order valence-corrected chi connectivity index (χ3v) is 4.59. The molecule has 3 nitrogen and oxygen atoms in total. The van der Waals surface area contributed by atoms with Crippen LogP contribution in [0.25, 0.3) is 10.8 Å². The molecule has 0 aliphatic heterocycles. The Morgan fingerprint density at radius 1 is 1.16 bits per heavy atom. The van der Waals surface area contributed by atoms with Gasteiger partial charge in [-0.1, -0.05) is 40.9 Å². The summed E-state index contributed by atoms with van der Waals surface area (Å²) < 4.78 is 1.10. The van der Waals surface area contributed by atoms with E-state index in [4.69, 9.17) is 5.73 Å². The maximum Gasteiger partial charge on any atom is 0.134 e. The molecule has 1 aromatic carbocycles. The Morgan fingerprint density at radius 3 is 2.84 bits per heavy atom. The molecule has 0 bridgehead atoms. The van der Waals surface area contributed by atoms with Gasteiger partial charge in [-0.2, -0.15) is 0 Å². The number of nitrogens with two attached hydrogens (primary N) is 1. The molecule has 0 saturated heterocycles. The van der Waals surface area contributed by atoms with Crippen LogP contribution in [0.2, 0.25) is 0 Å². The van der Waals surface area contributed by atoms with Gasteiger partial charge in [0.2, 0.25) is 0 Å². The van der Waals surface area contributed by atoms with Gasteiger partial charge >= 0.3 is 0 Å². The first-order valence-electron chi connectivity index (χ1n) is 6.81. The van der Waals surface area contributed by atoms with E-state index < -0.39 is 0 Å². The van der Waals surface area contributed by atoms with Crippen LogP contribution in [0.1, 0.15) is 25.7 Å². The number of nitrogens with one attached hydrogen (secondary N) is 1. The average Bonchev–Trinajstić information content (AvgIpc) is 2.42. The summed E-state index contributed by atoms with van der Waals surface area (Å²) in [5.41, 5.74) is 6.20. The van der Waals surface area contributed by atoms with Crippen molar-refractivity contribution in [3.8, 4) is 0 Å². The van der Waals surface area contributed by atoms with Crippen LogP contribution >= 0.6 is 15.9 Å². The number of benzene rings is 1. The quantitative estimate of drug-likeness (QED) is 0.887. The monoisotopic (exact) mass is 319 g/mol. The van der Waals surface area contributed by atoms with Gasteiger partial charge in [0.05, 0.1) is 0 Å². The Hall–Kier alpha value is -1.13. The van der Waals surface area contributed by atoms with Gasteiger partial charge in [0.25, 0.3) is 0 Å². The van der Waals surface area contributed by atoms with Gasteiger partial charge in [0.1, 0.15) is 5.82 Å². The van der Waals surface area contributed by atoms with Crippen LogP contribution in [0.3, 0.4) is 0 Å². The minimum Gasteiger partial charge on any atom is -0.365 e. The van der Waals surface area contributed by atoms with Gasteiger partial charge in [-0.3, -0.25) is 0 Å². The minimum absolute atomic E-state index is 0.234. The third-order valence-electron chi connectivity index (χ3n) is 3.89. The van der Waals surface area contributed by atoms with Gasteiger partial charge in [0.15, 0.2) is 0 Å². The summed E-state index contributed by atoms with van der Waals surface area (Å²) >= 11 is 3.59. The number of hydrogen-bond acceptors (Lipinski definition) is 3. The fourth-order valence-corrected chi connectivity index (χ4v) is 3.30. The standard InChI is InChI=1S/C15H18BrN3/c16-12-5-3-4-11-10(12)8-9-18-15(11)19-14-7-2-1-6-13(14)17/h3-5,8-9,13-14H,1-2,6-7,17H2,(H,18,19). The van der Waals surface area contributed by atoms with Gasteiger partial charge in [-0.05, 0) is 25.0 Å². The van der Waals surface area contributed by atoms with Gasteiger partial charge in [0, 0.05) is 33.5 Å². The van der Waals surface area contributed by atoms with Gasteiger partial charge in [-0.25, -0.2) is 4.98 Å². The van der Waals surface area contributed by atoms with E-state index in [-0.39, 0.29) is 6.04 Å². The van der Waals surface area contributed by atoms with Crippen LogP contribution < -0.4 is 11.1 Å². The Morgan fingerprint density at radius 2 is 2.00 bits per heavy atom. The van der Waals surface area contributed by atoms with Crippen molar-refractivity contribution >= 4 is 32.5 Å². The highest BCUT2D eigenvalue weighted by atomic mass is 79.9. The number of nitrogens with zero attached hydrogens (tertiary/aromatic N) is 1. The predicted octanol–water partition coefficient (Wildman–Crippen LogP) is 3.68. The first-order valence-corrected chi connectivity index (χ1v) is 7.60. The molecule has 2 atom stereocenters. The molecule has 4 heteroatoms. The Bertz CT molecular complexity index is 585. The van der Waals surface area contributed by atoms with Crippen molar-refractivity contribution in [3.63, 3.8) is 0 Å². The molecule has 19 heavy (non-hydrogen) atoms. The van der Waals surface area contributed by atoms with Gasteiger partial charge in [-0.15, -0.1) is 0 Å². The van der Waals surface area contributed by atoms with Crippen LogP contribution in [0.15, 0.2) is 34.9 Å². The number of hydrogen-bond donors (Lipinski definition) is 2. The fourth-order valence-electron chi connectivity index (χ4n) is 2.80. The number of rotatable bonds is 2. The number of aromatic nitrogens is 1. The highest BCUT2D eigenvalue weighted by Gasteiger charge is 2.22. The first kappa shape index (κ1) is 12.9. The van der Waals surface area contributed by atoms with Crippen molar-refractivity contribution < 1.29 is 0 Å². The zero-order chi connectivity index (χ0) is 13.2. The smallest absolute Gasteiger partial charge is 0.134 e. The molecule has 1 fully saturated rings. The molecule has 2 aromatic rings. The second-order valence-electron chi connectivity index (χ2n) is 5.19. The largest absolute Gasteiger partial charge is 0.365 e. The lowest BCUT2D eigenvalue weighted by molar-refractivity contribution is 0.403. The molecule has 3 rings (SSSR count). The molecular formula is C15H18BrN3. The molecule has 100 valence electrons. The van der Waals surface area contributed by atoms with Crippen LogP contribution in [0.5, 0.6) is 0 Å². The van der Waals surface area contributed by atoms with Crippen molar-refractivity contribution in [3.05, 3.63) is 34.9 Å². The minimum atomic E-state index is 0.234. The Labute approximate surface area is 121 Å². The summed E-state index contributed by atoms with van der Waals surface area (Å²) in [6.45, 7) is 0. The van der Waals surface area contributed by atoms with Crippen LogP contribution in [-0.4, -0.2) is 17.1 Å². The maximum atomic E-state index is 6.20. The SMILES string of the molecule is NC1CCCCC1Nc1nccc2c(Br)cccc12. The topological polar surface area (TPSA) is 50.9 Å². The lowest BCUT2D eigenvalue weighted by Crippen LogP contribution is -2.42. The Kier molecular flexibility index (Phi) is 3.71. The number of halogens is 1. The van der Waals surface area contributed by atoms with Crippen molar-refractivity contribution in [1.29, 1.82) is 0 Å². The summed E-state index contributed by atoms with van der Waals surface area (Å²) in [7, 11) is 0. The average molecular weight is 320 g/mol. The summed E-state index contributed by atoms with van der Waals surface area (Å²) in [5, 5.41) is 5.88. The molecule has 1 aliphatic carbocycles. The number of pyridine rings is 1. The fraction of sp³-hybridized carbons (Fsp3) is 0.400. The van der Waals surface area contributed by atoms with Crippen LogP contribution in [0, 0.1) is 0 Å². The third kappa shape index (κ3) is 2.60. The van der Waals surface area contributed by atoms with Crippen molar-refractivity contribution in [1.82, 2.24) is 4.98 Å². The Balaban J connectivity index is 1.94. The van der Waals surface area contributed by atoms with E-state index in [1.54, 1.807) is 0 Å². The van der Waals surface area contributed by atoms with E-state index in [0.29, 0.717) is 6.04 Å². The lowest BCUT2D eigenvalue weighted by Gasteiger charge is -2.30. The lowest BCUT2D eigenvalue weighted by atomic mass is 9.91. The molecule has 3 N–H and O–H groups in total. The summed E-state index contributed by atoms with van der Waals surface area (Å²) in [6.07, 6.45) is 6.58. The van der Waals surface area contributed by atoms with E-state index in [2.05, 4.69) is 38.4 Å². The normalized spacial score (nSPS) is 23.5. The molecular weight excluding hydrogens is 302 g/mol. The molecule has 1 heterocycles. The molecule has 0 radical (unpaired) electrons. The molecule has 0 amide bonds. The number of anilines is 1. The molecule has 1 aromatic heterocycles. The van der Waals surface area contributed by atoms with E-state index in [9.17, 15) is 0 Å². The van der Waals surface area contributed by atoms with E-state index in [0.717, 1.165) is 28.5 Å². The van der Waals surface area contributed by atoms with Crippen molar-refractivity contribution in [2.75, 3.05) is 5.32 Å². The van der Waals surface area contributed by atoms with E-state index in [1.807, 2.05) is 18.3 Å². The maximum absolute atomic E-state index is 6.20. The molecule has 2 unspecified atom stereocenters.